The lowest BCUT2D eigenvalue weighted by molar-refractivity contribution is -0.185. The fourth-order valence-corrected chi connectivity index (χ4v) is 26.1. The number of hydrogen-bond donors (Lipinski definition) is 0. The summed E-state index contributed by atoms with van der Waals surface area (Å²) in [5, 5.41) is 0. The molecule has 0 radical (unpaired) electrons. The standard InChI is InChI=1S/C13H25N.3C12H23N.C11H20O2S.C11H20O2.C10H19N.C9H16O/c1-11(2)12-4-5-13(10-12)6-8-14(3)9-7-13;1-10(2)11-8-12(9-11)4-6-13(3)7-5-12;2*1-10(2)11-4-6-12(7-5-11)8-13(3)9-12;1-9(2)10-3-5-11(6-4-10)7-14(12,13)8-11;1-9(2)10-3-5-11(6-4-10)12-7-8-13-11;1-8(2)9-4-10(5-9)6-11(3)7-10;1-7(2)8-3-9(4-8)5-10-6-9/h11-12H,4-10H2,1-3H3;3*10-11H,4-9H2,1-3H3;9-10H,3-8H2,1-2H3;9-10H,3-8H2,1-2H3;8-9H,4-7H2,1-3H3;7-8H,3-6H2,1-2H3. The first-order chi connectivity index (χ1) is 47.4. The van der Waals surface area contributed by atoms with E-state index in [1.807, 2.05) is 0 Å². The Labute approximate surface area is 627 Å². The summed E-state index contributed by atoms with van der Waals surface area (Å²) in [6.07, 6.45) is 40.9. The van der Waals surface area contributed by atoms with E-state index in [0.29, 0.717) is 16.9 Å². The smallest absolute Gasteiger partial charge is 0.168 e. The Balaban J connectivity index is 0.000000135. The molecule has 0 aromatic rings. The van der Waals surface area contributed by atoms with Crippen LogP contribution in [0.25, 0.3) is 0 Å². The highest BCUT2D eigenvalue weighted by molar-refractivity contribution is 7.92. The van der Waals surface area contributed by atoms with Crippen molar-refractivity contribution in [1.82, 2.24) is 24.5 Å². The summed E-state index contributed by atoms with van der Waals surface area (Å²) in [5.74, 6) is 15.7. The number of ether oxygens (including phenoxy) is 3. The second kappa shape index (κ2) is 35.8. The molecule has 0 bridgehead atoms. The van der Waals surface area contributed by atoms with Gasteiger partial charge in [0.05, 0.1) is 37.9 Å². The van der Waals surface area contributed by atoms with E-state index in [1.165, 1.54) is 226 Å². The second-order valence-corrected chi connectivity index (χ2v) is 45.1. The van der Waals surface area contributed by atoms with Crippen molar-refractivity contribution in [3.63, 3.8) is 0 Å². The molecule has 1 atom stereocenters. The van der Waals surface area contributed by atoms with Gasteiger partial charge in [0.1, 0.15) is 0 Å². The molecule has 8 spiro atoms. The molecule has 8 saturated carbocycles. The van der Waals surface area contributed by atoms with E-state index in [9.17, 15) is 8.42 Å². The summed E-state index contributed by atoms with van der Waals surface area (Å²) < 4.78 is 38.9. The van der Waals surface area contributed by atoms with Gasteiger partial charge >= 0.3 is 0 Å². The van der Waals surface area contributed by atoms with E-state index in [-0.39, 0.29) is 11.2 Å². The molecule has 101 heavy (non-hydrogen) atoms. The van der Waals surface area contributed by atoms with Crippen LogP contribution in [0.3, 0.4) is 0 Å². The molecule has 16 rings (SSSR count). The van der Waals surface area contributed by atoms with Gasteiger partial charge in [0.25, 0.3) is 0 Å². The Kier molecular flexibility index (Phi) is 30.0. The van der Waals surface area contributed by atoms with Gasteiger partial charge in [-0.05, 0) is 362 Å². The van der Waals surface area contributed by atoms with Crippen LogP contribution in [-0.4, -0.2) is 177 Å². The van der Waals surface area contributed by atoms with Crippen molar-refractivity contribution in [3.05, 3.63) is 0 Å². The van der Waals surface area contributed by atoms with Gasteiger partial charge in [0.15, 0.2) is 15.6 Å². The molecular formula is C90H169N5O5S. The molecule has 16 aliphatic rings. The average Bonchev–Trinajstić information content (AvgIpc) is 1.34. The van der Waals surface area contributed by atoms with Gasteiger partial charge in [0.2, 0.25) is 0 Å². The zero-order valence-corrected chi connectivity index (χ0v) is 71.6. The molecule has 8 saturated heterocycles. The third-order valence-electron chi connectivity index (χ3n) is 31.9. The van der Waals surface area contributed by atoms with E-state index in [4.69, 9.17) is 14.2 Å². The fourth-order valence-electron chi connectivity index (χ4n) is 23.7. The van der Waals surface area contributed by atoms with Gasteiger partial charge in [0, 0.05) is 57.5 Å². The molecule has 0 aromatic heterocycles. The van der Waals surface area contributed by atoms with Crippen LogP contribution in [-0.2, 0) is 24.0 Å². The van der Waals surface area contributed by atoms with Gasteiger partial charge < -0.3 is 38.7 Å². The normalized spacial score (nSPS) is 30.2. The molecular weight excluding hydrogens is 1260 g/mol. The predicted octanol–water partition coefficient (Wildman–Crippen LogP) is 20.3. The maximum Gasteiger partial charge on any atom is 0.168 e. The molecule has 8 aliphatic heterocycles. The lowest BCUT2D eigenvalue weighted by Gasteiger charge is -2.59. The lowest BCUT2D eigenvalue weighted by atomic mass is 9.55. The van der Waals surface area contributed by atoms with Crippen LogP contribution in [0, 0.1) is 133 Å². The highest BCUT2D eigenvalue weighted by atomic mass is 32.2. The first kappa shape index (κ1) is 84.6. The van der Waals surface area contributed by atoms with Crippen molar-refractivity contribution in [2.75, 3.05) is 139 Å². The van der Waals surface area contributed by atoms with E-state index >= 15 is 0 Å². The number of likely N-dealkylation sites (tertiary alicyclic amines) is 5. The Morgan fingerprint density at radius 3 is 0.822 bits per heavy atom. The summed E-state index contributed by atoms with van der Waals surface area (Å²) >= 11 is 0. The van der Waals surface area contributed by atoms with Crippen LogP contribution >= 0.6 is 0 Å². The zero-order chi connectivity index (χ0) is 73.6. The van der Waals surface area contributed by atoms with Crippen LogP contribution < -0.4 is 0 Å². The Hall–Kier alpha value is -0.370. The van der Waals surface area contributed by atoms with Gasteiger partial charge in [-0.1, -0.05) is 111 Å². The number of piperidine rings is 2. The number of sulfone groups is 1. The van der Waals surface area contributed by atoms with E-state index in [0.717, 1.165) is 174 Å². The maximum absolute atomic E-state index is 11.2. The molecule has 8 aliphatic carbocycles. The van der Waals surface area contributed by atoms with Crippen molar-refractivity contribution in [2.45, 2.75) is 303 Å². The summed E-state index contributed by atoms with van der Waals surface area (Å²) in [4.78, 5) is 12.4. The molecule has 0 amide bonds. The highest BCUT2D eigenvalue weighted by Crippen LogP contribution is 2.58. The van der Waals surface area contributed by atoms with E-state index in [2.05, 4.69) is 171 Å². The van der Waals surface area contributed by atoms with Crippen molar-refractivity contribution in [1.29, 1.82) is 0 Å². The van der Waals surface area contributed by atoms with E-state index < -0.39 is 9.84 Å². The third-order valence-corrected chi connectivity index (χ3v) is 34.0. The summed E-state index contributed by atoms with van der Waals surface area (Å²) in [6, 6.07) is 0. The minimum atomic E-state index is -2.63. The SMILES string of the molecule is CC(C)C1CC2(C1)CN(C)C2.CC(C)C1CC2(CCN(C)CC2)C1.CC(C)C1CC2(COC2)C1.CC(C)C1CCC2(CC1)CN(C)C2.CC(C)C1CCC2(CC1)CN(C)C2.CC(C)C1CCC2(CC1)CS(=O)(=O)C2.CC(C)C1CCC2(CC1)OCCO2.CC(C)C1CCC2(CCN(C)CC2)C1. The first-order valence-electron chi connectivity index (χ1n) is 43.9. The molecule has 0 aromatic carbocycles. The largest absolute Gasteiger partial charge is 0.380 e. The van der Waals surface area contributed by atoms with Crippen molar-refractivity contribution < 1.29 is 22.6 Å². The molecule has 1 unspecified atom stereocenters. The molecule has 11 heteroatoms. The monoisotopic (exact) mass is 1430 g/mol. The Bertz CT molecular complexity index is 2440. The van der Waals surface area contributed by atoms with Gasteiger partial charge in [-0.2, -0.15) is 0 Å². The van der Waals surface area contributed by atoms with Gasteiger partial charge in [-0.15, -0.1) is 0 Å². The average molecular weight is 1430 g/mol. The predicted molar refractivity (Wildman–Crippen MR) is 429 cm³/mol. The molecule has 16 fully saturated rings. The molecule has 8 heterocycles. The van der Waals surface area contributed by atoms with Crippen molar-refractivity contribution in [3.8, 4) is 0 Å². The number of rotatable bonds is 8. The van der Waals surface area contributed by atoms with Crippen LogP contribution in [0.5, 0.6) is 0 Å². The summed E-state index contributed by atoms with van der Waals surface area (Å²) in [6.45, 7) is 55.0. The topological polar surface area (TPSA) is 78.0 Å². The van der Waals surface area contributed by atoms with Gasteiger partial charge in [-0.25, -0.2) is 8.42 Å². The van der Waals surface area contributed by atoms with Crippen LogP contribution in [0.15, 0.2) is 0 Å². The van der Waals surface area contributed by atoms with Crippen molar-refractivity contribution in [2.24, 2.45) is 133 Å². The zero-order valence-electron chi connectivity index (χ0n) is 70.7. The van der Waals surface area contributed by atoms with Crippen LogP contribution in [0.4, 0.5) is 0 Å². The highest BCUT2D eigenvalue weighted by Gasteiger charge is 2.54. The number of hydrogen-bond acceptors (Lipinski definition) is 10. The van der Waals surface area contributed by atoms with Crippen LogP contribution in [0.1, 0.15) is 297 Å². The minimum absolute atomic E-state index is 0.161. The quantitative estimate of drug-likeness (QED) is 0.234. The summed E-state index contributed by atoms with van der Waals surface area (Å²) in [5.41, 5.74) is 4.77. The minimum Gasteiger partial charge on any atom is -0.380 e. The Morgan fingerprint density at radius 2 is 0.535 bits per heavy atom. The Morgan fingerprint density at radius 1 is 0.277 bits per heavy atom. The van der Waals surface area contributed by atoms with Crippen LogP contribution in [0.2, 0.25) is 0 Å². The second-order valence-electron chi connectivity index (χ2n) is 43.1. The lowest BCUT2D eigenvalue weighted by Crippen LogP contribution is -2.61. The maximum atomic E-state index is 11.2. The first-order valence-corrected chi connectivity index (χ1v) is 45.7. The number of nitrogens with zero attached hydrogens (tertiary/aromatic N) is 5. The van der Waals surface area contributed by atoms with Crippen molar-refractivity contribution >= 4 is 9.84 Å². The third kappa shape index (κ3) is 22.9. The summed E-state index contributed by atoms with van der Waals surface area (Å²) in [7, 11) is 8.62. The van der Waals surface area contributed by atoms with E-state index in [1.54, 1.807) is 0 Å². The fraction of sp³-hybridized carbons (Fsp3) is 1.00. The molecule has 0 N–H and O–H groups in total. The molecule has 590 valence electrons. The molecule has 10 nitrogen and oxygen atoms in total. The van der Waals surface area contributed by atoms with Gasteiger partial charge in [-0.3, -0.25) is 0 Å².